The van der Waals surface area contributed by atoms with Gasteiger partial charge in [-0.15, -0.1) is 0 Å². The number of nitrogens with two attached hydrogens (primary N) is 1. The summed E-state index contributed by atoms with van der Waals surface area (Å²) in [5, 5.41) is 3.66. The number of aromatic nitrogens is 2. The van der Waals surface area contributed by atoms with Gasteiger partial charge in [0.2, 0.25) is 0 Å². The zero-order valence-corrected chi connectivity index (χ0v) is 12.6. The van der Waals surface area contributed by atoms with Crippen LogP contribution < -0.4 is 11.1 Å². The molecule has 0 aromatic carbocycles. The van der Waals surface area contributed by atoms with E-state index in [4.69, 9.17) is 5.73 Å². The Bertz CT molecular complexity index is 501. The Hall–Kier alpha value is -1.78. The van der Waals surface area contributed by atoms with Crippen molar-refractivity contribution in [3.63, 3.8) is 0 Å². The van der Waals surface area contributed by atoms with Crippen molar-refractivity contribution in [3.05, 3.63) is 60.2 Å². The van der Waals surface area contributed by atoms with Gasteiger partial charge in [0.1, 0.15) is 0 Å². The molecule has 0 aliphatic rings. The van der Waals surface area contributed by atoms with Crippen LogP contribution in [-0.2, 0) is 6.42 Å². The maximum Gasteiger partial charge on any atom is 0.0570 e. The van der Waals surface area contributed by atoms with Crippen molar-refractivity contribution in [2.75, 3.05) is 6.54 Å². The highest BCUT2D eigenvalue weighted by molar-refractivity contribution is 5.09. The number of hydrogen-bond acceptors (Lipinski definition) is 4. The fraction of sp³-hybridized carbons (Fsp3) is 0.412. The smallest absolute Gasteiger partial charge is 0.0570 e. The Morgan fingerprint density at radius 2 is 1.86 bits per heavy atom. The van der Waals surface area contributed by atoms with Crippen molar-refractivity contribution in [2.24, 2.45) is 5.73 Å². The minimum absolute atomic E-state index is 0.220. The Morgan fingerprint density at radius 3 is 2.48 bits per heavy atom. The van der Waals surface area contributed by atoms with Crippen LogP contribution in [0.1, 0.15) is 37.2 Å². The molecule has 0 bridgehead atoms. The van der Waals surface area contributed by atoms with Gasteiger partial charge >= 0.3 is 0 Å². The second-order valence-electron chi connectivity index (χ2n) is 5.30. The average molecular weight is 284 g/mol. The van der Waals surface area contributed by atoms with E-state index in [2.05, 4.69) is 34.3 Å². The second kappa shape index (κ2) is 8.49. The van der Waals surface area contributed by atoms with Crippen molar-refractivity contribution in [3.8, 4) is 0 Å². The third kappa shape index (κ3) is 5.25. The molecule has 2 unspecified atom stereocenters. The Kier molecular flexibility index (Phi) is 6.31. The van der Waals surface area contributed by atoms with Gasteiger partial charge in [0.05, 0.1) is 5.69 Å². The van der Waals surface area contributed by atoms with E-state index in [0.29, 0.717) is 6.04 Å². The zero-order chi connectivity index (χ0) is 14.9. The van der Waals surface area contributed by atoms with E-state index in [1.165, 1.54) is 0 Å². The molecule has 0 fully saturated rings. The lowest BCUT2D eigenvalue weighted by atomic mass is 10.0. The first-order chi connectivity index (χ1) is 10.3. The molecule has 0 saturated heterocycles. The van der Waals surface area contributed by atoms with Crippen molar-refractivity contribution in [1.29, 1.82) is 0 Å². The molecule has 0 aliphatic heterocycles. The third-order valence-electron chi connectivity index (χ3n) is 3.56. The van der Waals surface area contributed by atoms with Crippen LogP contribution in [0.5, 0.6) is 0 Å². The second-order valence-corrected chi connectivity index (χ2v) is 5.30. The van der Waals surface area contributed by atoms with E-state index in [-0.39, 0.29) is 6.04 Å². The highest BCUT2D eigenvalue weighted by Crippen LogP contribution is 2.13. The lowest BCUT2D eigenvalue weighted by Crippen LogP contribution is -2.34. The number of pyridine rings is 2. The predicted octanol–water partition coefficient (Wildman–Crippen LogP) is 2.48. The molecule has 112 valence electrons. The predicted molar refractivity (Wildman–Crippen MR) is 85.8 cm³/mol. The van der Waals surface area contributed by atoms with Crippen LogP contribution in [0.3, 0.4) is 0 Å². The first-order valence-corrected chi connectivity index (χ1v) is 7.56. The molecule has 4 nitrogen and oxygen atoms in total. The molecule has 2 heterocycles. The maximum atomic E-state index is 5.66. The van der Waals surface area contributed by atoms with Gasteiger partial charge in [0.15, 0.2) is 0 Å². The molecule has 0 aliphatic carbocycles. The number of nitrogens with zero attached hydrogens (tertiary/aromatic N) is 2. The molecule has 2 aromatic heterocycles. The lowest BCUT2D eigenvalue weighted by molar-refractivity contribution is 0.413. The van der Waals surface area contributed by atoms with E-state index >= 15 is 0 Å². The number of nitrogens with one attached hydrogen (secondary N) is 1. The summed E-state index contributed by atoms with van der Waals surface area (Å²) in [6.07, 6.45) is 6.65. The Labute approximate surface area is 126 Å². The standard InChI is InChI=1S/C17H24N4/c1-14(17-9-3-5-12-20-17)21-16(8-6-10-18)13-15-7-2-4-11-19-15/h2-5,7,9,11-12,14,16,21H,6,8,10,13,18H2,1H3. The molecule has 3 N–H and O–H groups in total. The van der Waals surface area contributed by atoms with Crippen LogP contribution in [0.25, 0.3) is 0 Å². The molecule has 0 saturated carbocycles. The van der Waals surface area contributed by atoms with E-state index in [1.54, 1.807) is 0 Å². The minimum Gasteiger partial charge on any atom is -0.330 e. The summed E-state index contributed by atoms with van der Waals surface area (Å²) in [7, 11) is 0. The lowest BCUT2D eigenvalue weighted by Gasteiger charge is -2.23. The number of hydrogen-bond donors (Lipinski definition) is 2. The van der Waals surface area contributed by atoms with Crippen molar-refractivity contribution in [2.45, 2.75) is 38.3 Å². The molecule has 0 radical (unpaired) electrons. The molecule has 2 atom stereocenters. The monoisotopic (exact) mass is 284 g/mol. The molecular formula is C17H24N4. The van der Waals surface area contributed by atoms with Gasteiger partial charge < -0.3 is 11.1 Å². The van der Waals surface area contributed by atoms with Gasteiger partial charge in [0, 0.05) is 36.6 Å². The van der Waals surface area contributed by atoms with Gasteiger partial charge in [-0.3, -0.25) is 9.97 Å². The summed E-state index contributed by atoms with van der Waals surface area (Å²) >= 11 is 0. The maximum absolute atomic E-state index is 5.66. The van der Waals surface area contributed by atoms with Crippen LogP contribution in [0.2, 0.25) is 0 Å². The SMILES string of the molecule is CC(NC(CCCN)Cc1ccccn1)c1ccccn1. The molecule has 4 heteroatoms. The Balaban J connectivity index is 1.99. The van der Waals surface area contributed by atoms with Gasteiger partial charge in [-0.2, -0.15) is 0 Å². The molecule has 2 aromatic rings. The molecule has 21 heavy (non-hydrogen) atoms. The van der Waals surface area contributed by atoms with E-state index in [9.17, 15) is 0 Å². The van der Waals surface area contributed by atoms with Gasteiger partial charge in [0.25, 0.3) is 0 Å². The summed E-state index contributed by atoms with van der Waals surface area (Å²) in [6.45, 7) is 2.87. The van der Waals surface area contributed by atoms with Crippen molar-refractivity contribution < 1.29 is 0 Å². The number of rotatable bonds is 8. The summed E-state index contributed by atoms with van der Waals surface area (Å²) in [5.74, 6) is 0. The van der Waals surface area contributed by atoms with E-state index in [0.717, 1.165) is 37.2 Å². The Morgan fingerprint density at radius 1 is 1.10 bits per heavy atom. The summed E-state index contributed by atoms with van der Waals surface area (Å²) in [6, 6.07) is 12.6. The largest absolute Gasteiger partial charge is 0.330 e. The normalized spacial score (nSPS) is 13.8. The average Bonchev–Trinajstić information content (AvgIpc) is 2.54. The van der Waals surface area contributed by atoms with Crippen molar-refractivity contribution in [1.82, 2.24) is 15.3 Å². The first kappa shape index (κ1) is 15.6. The van der Waals surface area contributed by atoms with Crippen LogP contribution in [0.15, 0.2) is 48.8 Å². The fourth-order valence-electron chi connectivity index (χ4n) is 2.45. The summed E-state index contributed by atoms with van der Waals surface area (Å²) < 4.78 is 0. The van der Waals surface area contributed by atoms with E-state index < -0.39 is 0 Å². The summed E-state index contributed by atoms with van der Waals surface area (Å²) in [4.78, 5) is 8.84. The topological polar surface area (TPSA) is 63.8 Å². The molecular weight excluding hydrogens is 260 g/mol. The summed E-state index contributed by atoms with van der Waals surface area (Å²) in [5.41, 5.74) is 7.83. The van der Waals surface area contributed by atoms with Gasteiger partial charge in [-0.1, -0.05) is 12.1 Å². The minimum atomic E-state index is 0.220. The highest BCUT2D eigenvalue weighted by Gasteiger charge is 2.15. The van der Waals surface area contributed by atoms with Crippen LogP contribution >= 0.6 is 0 Å². The van der Waals surface area contributed by atoms with Crippen molar-refractivity contribution >= 4 is 0 Å². The third-order valence-corrected chi connectivity index (χ3v) is 3.56. The quantitative estimate of drug-likeness (QED) is 0.781. The van der Waals surface area contributed by atoms with E-state index in [1.807, 2.05) is 36.7 Å². The van der Waals surface area contributed by atoms with Gasteiger partial charge in [-0.25, -0.2) is 0 Å². The first-order valence-electron chi connectivity index (χ1n) is 7.56. The van der Waals surface area contributed by atoms with Crippen LogP contribution in [-0.4, -0.2) is 22.6 Å². The molecule has 0 amide bonds. The zero-order valence-electron chi connectivity index (χ0n) is 12.6. The van der Waals surface area contributed by atoms with Crippen LogP contribution in [0, 0.1) is 0 Å². The van der Waals surface area contributed by atoms with Crippen LogP contribution in [0.4, 0.5) is 0 Å². The fourth-order valence-corrected chi connectivity index (χ4v) is 2.45. The molecule has 2 rings (SSSR count). The molecule has 0 spiro atoms. The highest BCUT2D eigenvalue weighted by atomic mass is 15.0. The van der Waals surface area contributed by atoms with Gasteiger partial charge in [-0.05, 0) is 50.6 Å².